The molecule has 0 bridgehead atoms. The van der Waals surface area contributed by atoms with E-state index in [-0.39, 0.29) is 24.0 Å². The van der Waals surface area contributed by atoms with E-state index >= 15 is 0 Å². The van der Waals surface area contributed by atoms with Gasteiger partial charge in [0.15, 0.2) is 5.78 Å². The number of carbonyl (C=O) groups excluding carboxylic acids is 3. The first-order valence-corrected chi connectivity index (χ1v) is 8.16. The SMILES string of the molecule is CC(=O)c1ccc(NC(=O)CCN(Cc2ccccc2)C(C)=O)cc1. The molecular formula is C20H22N2O3. The molecule has 5 heteroatoms. The Morgan fingerprint density at radius 2 is 1.56 bits per heavy atom. The van der Waals surface area contributed by atoms with Crippen molar-refractivity contribution in [2.24, 2.45) is 0 Å². The molecule has 0 saturated heterocycles. The Morgan fingerprint density at radius 1 is 0.920 bits per heavy atom. The van der Waals surface area contributed by atoms with E-state index in [0.717, 1.165) is 5.56 Å². The Kier molecular flexibility index (Phi) is 6.46. The van der Waals surface area contributed by atoms with Crippen LogP contribution in [0.25, 0.3) is 0 Å². The average Bonchev–Trinajstić information content (AvgIpc) is 2.59. The number of Topliss-reactive ketones (excluding diaryl/α,β-unsaturated/α-hetero) is 1. The van der Waals surface area contributed by atoms with E-state index in [1.165, 1.54) is 13.8 Å². The third kappa shape index (κ3) is 5.88. The number of nitrogens with zero attached hydrogens (tertiary/aromatic N) is 1. The maximum Gasteiger partial charge on any atom is 0.226 e. The summed E-state index contributed by atoms with van der Waals surface area (Å²) < 4.78 is 0. The van der Waals surface area contributed by atoms with Crippen LogP contribution in [0.1, 0.15) is 36.2 Å². The molecule has 0 aliphatic carbocycles. The number of anilines is 1. The van der Waals surface area contributed by atoms with E-state index in [1.807, 2.05) is 30.3 Å². The van der Waals surface area contributed by atoms with Crippen LogP contribution in [0.2, 0.25) is 0 Å². The van der Waals surface area contributed by atoms with Crippen molar-refractivity contribution in [2.45, 2.75) is 26.8 Å². The molecule has 2 aromatic carbocycles. The van der Waals surface area contributed by atoms with Crippen LogP contribution in [0.5, 0.6) is 0 Å². The summed E-state index contributed by atoms with van der Waals surface area (Å²) in [4.78, 5) is 36.8. The summed E-state index contributed by atoms with van der Waals surface area (Å²) in [7, 11) is 0. The quantitative estimate of drug-likeness (QED) is 0.788. The summed E-state index contributed by atoms with van der Waals surface area (Å²) in [6.45, 7) is 3.83. The van der Waals surface area contributed by atoms with Crippen molar-refractivity contribution in [3.05, 3.63) is 65.7 Å². The van der Waals surface area contributed by atoms with Gasteiger partial charge in [0, 0.05) is 37.7 Å². The summed E-state index contributed by atoms with van der Waals surface area (Å²) >= 11 is 0. The van der Waals surface area contributed by atoms with Crippen molar-refractivity contribution in [1.82, 2.24) is 4.90 Å². The Bertz CT molecular complexity index is 739. The van der Waals surface area contributed by atoms with Crippen LogP contribution in [0.15, 0.2) is 54.6 Å². The van der Waals surface area contributed by atoms with E-state index in [0.29, 0.717) is 24.3 Å². The molecule has 0 aromatic heterocycles. The predicted molar refractivity (Wildman–Crippen MR) is 97.2 cm³/mol. The smallest absolute Gasteiger partial charge is 0.226 e. The molecule has 2 amide bonds. The van der Waals surface area contributed by atoms with Crippen molar-refractivity contribution in [3.8, 4) is 0 Å². The number of amides is 2. The van der Waals surface area contributed by atoms with Gasteiger partial charge in [-0.1, -0.05) is 30.3 Å². The molecule has 0 fully saturated rings. The third-order valence-corrected chi connectivity index (χ3v) is 3.85. The van der Waals surface area contributed by atoms with E-state index in [1.54, 1.807) is 29.2 Å². The molecule has 25 heavy (non-hydrogen) atoms. The summed E-state index contributed by atoms with van der Waals surface area (Å²) in [5, 5.41) is 2.78. The molecule has 2 aromatic rings. The second-order valence-electron chi connectivity index (χ2n) is 5.86. The lowest BCUT2D eigenvalue weighted by molar-refractivity contribution is -0.129. The van der Waals surface area contributed by atoms with Gasteiger partial charge < -0.3 is 10.2 Å². The molecule has 0 heterocycles. The van der Waals surface area contributed by atoms with Gasteiger partial charge in [-0.25, -0.2) is 0 Å². The molecule has 0 radical (unpaired) electrons. The number of carbonyl (C=O) groups is 3. The van der Waals surface area contributed by atoms with Crippen LogP contribution in [-0.2, 0) is 16.1 Å². The second kappa shape index (κ2) is 8.78. The maximum absolute atomic E-state index is 12.1. The van der Waals surface area contributed by atoms with Crippen LogP contribution >= 0.6 is 0 Å². The third-order valence-electron chi connectivity index (χ3n) is 3.85. The minimum absolute atomic E-state index is 0.0177. The van der Waals surface area contributed by atoms with Gasteiger partial charge in [-0.15, -0.1) is 0 Å². The lowest BCUT2D eigenvalue weighted by atomic mass is 10.1. The van der Waals surface area contributed by atoms with Gasteiger partial charge in [0.25, 0.3) is 0 Å². The van der Waals surface area contributed by atoms with Gasteiger partial charge in [0.1, 0.15) is 0 Å². The zero-order valence-corrected chi connectivity index (χ0v) is 14.5. The Balaban J connectivity index is 1.88. The molecule has 1 N–H and O–H groups in total. The molecule has 5 nitrogen and oxygen atoms in total. The number of nitrogens with one attached hydrogen (secondary N) is 1. The molecule has 0 aliphatic rings. The fourth-order valence-electron chi connectivity index (χ4n) is 2.40. The lowest BCUT2D eigenvalue weighted by Crippen LogP contribution is -2.31. The summed E-state index contributed by atoms with van der Waals surface area (Å²) in [6.07, 6.45) is 0.209. The number of hydrogen-bond donors (Lipinski definition) is 1. The topological polar surface area (TPSA) is 66.5 Å². The first kappa shape index (κ1) is 18.4. The standard InChI is InChI=1S/C20H22N2O3/c1-15(23)18-8-10-19(11-9-18)21-20(25)12-13-22(16(2)24)14-17-6-4-3-5-7-17/h3-11H,12-14H2,1-2H3,(H,21,25). The highest BCUT2D eigenvalue weighted by atomic mass is 16.2. The number of benzene rings is 2. The van der Waals surface area contributed by atoms with Crippen LogP contribution in [0, 0.1) is 0 Å². The van der Waals surface area contributed by atoms with E-state index < -0.39 is 0 Å². The highest BCUT2D eigenvalue weighted by molar-refractivity contribution is 5.95. The predicted octanol–water partition coefficient (Wildman–Crippen LogP) is 3.27. The van der Waals surface area contributed by atoms with Crippen LogP contribution in [-0.4, -0.2) is 29.0 Å². The number of hydrogen-bond acceptors (Lipinski definition) is 3. The van der Waals surface area contributed by atoms with Crippen molar-refractivity contribution >= 4 is 23.3 Å². The zero-order chi connectivity index (χ0) is 18.2. The Morgan fingerprint density at radius 3 is 2.12 bits per heavy atom. The van der Waals surface area contributed by atoms with Crippen molar-refractivity contribution < 1.29 is 14.4 Å². The first-order chi connectivity index (χ1) is 12.0. The maximum atomic E-state index is 12.1. The summed E-state index contributed by atoms with van der Waals surface area (Å²) in [6, 6.07) is 16.4. The largest absolute Gasteiger partial charge is 0.338 e. The normalized spacial score (nSPS) is 10.2. The molecule has 0 atom stereocenters. The Hall–Kier alpha value is -2.95. The van der Waals surface area contributed by atoms with Crippen molar-refractivity contribution in [2.75, 3.05) is 11.9 Å². The van der Waals surface area contributed by atoms with Gasteiger partial charge in [0.05, 0.1) is 0 Å². The molecule has 0 saturated carbocycles. The fraction of sp³-hybridized carbons (Fsp3) is 0.250. The minimum atomic E-state index is -0.171. The van der Waals surface area contributed by atoms with Crippen molar-refractivity contribution in [3.63, 3.8) is 0 Å². The number of rotatable bonds is 7. The summed E-state index contributed by atoms with van der Waals surface area (Å²) in [5.74, 6) is -0.256. The molecule has 0 aliphatic heterocycles. The first-order valence-electron chi connectivity index (χ1n) is 8.16. The highest BCUT2D eigenvalue weighted by Crippen LogP contribution is 2.11. The molecule has 0 spiro atoms. The van der Waals surface area contributed by atoms with Crippen LogP contribution in [0.3, 0.4) is 0 Å². The monoisotopic (exact) mass is 338 g/mol. The molecule has 0 unspecified atom stereocenters. The van der Waals surface area contributed by atoms with Gasteiger partial charge in [-0.05, 0) is 36.8 Å². The van der Waals surface area contributed by atoms with Gasteiger partial charge in [-0.2, -0.15) is 0 Å². The highest BCUT2D eigenvalue weighted by Gasteiger charge is 2.12. The van der Waals surface area contributed by atoms with Crippen molar-refractivity contribution in [1.29, 1.82) is 0 Å². The van der Waals surface area contributed by atoms with E-state index in [2.05, 4.69) is 5.32 Å². The lowest BCUT2D eigenvalue weighted by Gasteiger charge is -2.21. The Labute approximate surface area is 147 Å². The van der Waals surface area contributed by atoms with Crippen LogP contribution < -0.4 is 5.32 Å². The molecule has 2 rings (SSSR count). The average molecular weight is 338 g/mol. The zero-order valence-electron chi connectivity index (χ0n) is 14.5. The van der Waals surface area contributed by atoms with Crippen LogP contribution in [0.4, 0.5) is 5.69 Å². The van der Waals surface area contributed by atoms with Gasteiger partial charge >= 0.3 is 0 Å². The second-order valence-corrected chi connectivity index (χ2v) is 5.86. The van der Waals surface area contributed by atoms with Gasteiger partial charge in [-0.3, -0.25) is 14.4 Å². The van der Waals surface area contributed by atoms with E-state index in [9.17, 15) is 14.4 Å². The number of ketones is 1. The van der Waals surface area contributed by atoms with E-state index in [4.69, 9.17) is 0 Å². The summed E-state index contributed by atoms with van der Waals surface area (Å²) in [5.41, 5.74) is 2.26. The molecule has 130 valence electrons. The minimum Gasteiger partial charge on any atom is -0.338 e. The molecular weight excluding hydrogens is 316 g/mol. The fourth-order valence-corrected chi connectivity index (χ4v) is 2.40. The van der Waals surface area contributed by atoms with Gasteiger partial charge in [0.2, 0.25) is 11.8 Å².